The molecule has 224 valence electrons. The van der Waals surface area contributed by atoms with Crippen LogP contribution in [0.2, 0.25) is 0 Å². The van der Waals surface area contributed by atoms with E-state index >= 15 is 0 Å². The van der Waals surface area contributed by atoms with Gasteiger partial charge >= 0.3 is 0 Å². The quantitative estimate of drug-likeness (QED) is 0.249. The summed E-state index contributed by atoms with van der Waals surface area (Å²) in [7, 11) is 4.71. The molecule has 1 aliphatic carbocycles. The van der Waals surface area contributed by atoms with Gasteiger partial charge in [0.1, 0.15) is 5.76 Å². The minimum absolute atomic E-state index is 0.0172. The smallest absolute Gasteiger partial charge is 0.220 e. The van der Waals surface area contributed by atoms with E-state index in [1.165, 1.54) is 6.92 Å². The van der Waals surface area contributed by atoms with Gasteiger partial charge in [0, 0.05) is 25.5 Å². The molecule has 4 rings (SSSR count). The van der Waals surface area contributed by atoms with Crippen molar-refractivity contribution >= 4 is 17.5 Å². The number of methoxy groups -OCH3 is 3. The van der Waals surface area contributed by atoms with E-state index in [0.29, 0.717) is 60.9 Å². The monoisotopic (exact) mass is 577 g/mol. The SMILES string of the molecule is COc1cc2c(c(OC)c1OC)-c1ccc(NCCCCCC(=O)NCc3ccco3)c(=O)cc1[C@@H](NC(C)=O)CC2. The van der Waals surface area contributed by atoms with E-state index < -0.39 is 0 Å². The fourth-order valence-electron chi connectivity index (χ4n) is 5.35. The Hall–Kier alpha value is -4.47. The van der Waals surface area contributed by atoms with Crippen molar-refractivity contribution in [2.24, 2.45) is 0 Å². The van der Waals surface area contributed by atoms with Gasteiger partial charge in [-0.25, -0.2) is 0 Å². The molecule has 0 fully saturated rings. The van der Waals surface area contributed by atoms with E-state index in [2.05, 4.69) is 16.0 Å². The number of anilines is 1. The Bertz CT molecular complexity index is 1450. The largest absolute Gasteiger partial charge is 0.493 e. The van der Waals surface area contributed by atoms with Crippen LogP contribution in [0.1, 0.15) is 62.0 Å². The van der Waals surface area contributed by atoms with Crippen molar-refractivity contribution in [2.45, 2.75) is 58.0 Å². The molecule has 3 aromatic rings. The van der Waals surface area contributed by atoms with Crippen LogP contribution in [-0.2, 0) is 22.6 Å². The van der Waals surface area contributed by atoms with E-state index in [-0.39, 0.29) is 23.3 Å². The minimum atomic E-state index is -0.363. The lowest BCUT2D eigenvalue weighted by Crippen LogP contribution is -2.26. The highest BCUT2D eigenvalue weighted by Crippen LogP contribution is 2.50. The number of hydrogen-bond donors (Lipinski definition) is 3. The van der Waals surface area contributed by atoms with Gasteiger partial charge in [0.25, 0.3) is 0 Å². The number of aryl methyl sites for hydroxylation is 1. The first-order valence-corrected chi connectivity index (χ1v) is 14.2. The average molecular weight is 578 g/mol. The molecule has 10 heteroatoms. The van der Waals surface area contributed by atoms with Gasteiger partial charge in [-0.2, -0.15) is 0 Å². The maximum absolute atomic E-state index is 13.4. The Balaban J connectivity index is 1.51. The number of carbonyl (C=O) groups excluding carboxylic acids is 2. The first-order valence-electron chi connectivity index (χ1n) is 14.2. The van der Waals surface area contributed by atoms with Crippen molar-refractivity contribution in [3.63, 3.8) is 0 Å². The molecule has 1 aromatic heterocycles. The molecule has 1 aliphatic rings. The van der Waals surface area contributed by atoms with Gasteiger partial charge in [0.05, 0.1) is 45.9 Å². The zero-order valence-electron chi connectivity index (χ0n) is 24.6. The molecule has 0 bridgehead atoms. The van der Waals surface area contributed by atoms with Gasteiger partial charge in [-0.05, 0) is 72.7 Å². The number of fused-ring (bicyclic) bond motifs is 3. The summed E-state index contributed by atoms with van der Waals surface area (Å²) in [5.41, 5.74) is 3.57. The number of nitrogens with one attached hydrogen (secondary N) is 3. The van der Waals surface area contributed by atoms with Crippen LogP contribution in [-0.4, -0.2) is 39.7 Å². The molecule has 42 heavy (non-hydrogen) atoms. The molecule has 0 saturated heterocycles. The molecule has 0 radical (unpaired) electrons. The van der Waals surface area contributed by atoms with Gasteiger partial charge in [0.2, 0.25) is 23.0 Å². The zero-order chi connectivity index (χ0) is 30.1. The average Bonchev–Trinajstić information content (AvgIpc) is 3.40. The molecule has 2 aromatic carbocycles. The Morgan fingerprint density at radius 2 is 1.81 bits per heavy atom. The maximum atomic E-state index is 13.4. The lowest BCUT2D eigenvalue weighted by atomic mass is 9.95. The summed E-state index contributed by atoms with van der Waals surface area (Å²) in [6.07, 6.45) is 5.62. The van der Waals surface area contributed by atoms with Gasteiger partial charge < -0.3 is 34.6 Å². The van der Waals surface area contributed by atoms with Gasteiger partial charge in [-0.3, -0.25) is 14.4 Å². The maximum Gasteiger partial charge on any atom is 0.220 e. The van der Waals surface area contributed by atoms with Gasteiger partial charge in [-0.1, -0.05) is 12.5 Å². The highest BCUT2D eigenvalue weighted by atomic mass is 16.5. The van der Waals surface area contributed by atoms with Gasteiger partial charge in [0.15, 0.2) is 11.5 Å². The third-order valence-electron chi connectivity index (χ3n) is 7.35. The highest BCUT2D eigenvalue weighted by molar-refractivity contribution is 5.83. The molecule has 0 saturated carbocycles. The van der Waals surface area contributed by atoms with Crippen molar-refractivity contribution in [3.05, 3.63) is 69.8 Å². The normalized spacial score (nSPS) is 13.7. The number of carbonyl (C=O) groups is 2. The second-order valence-electron chi connectivity index (χ2n) is 10.2. The van der Waals surface area contributed by atoms with Crippen molar-refractivity contribution in [3.8, 4) is 28.4 Å². The Morgan fingerprint density at radius 1 is 1.00 bits per heavy atom. The standard InChI is InChI=1S/C32H39N3O7/c1-20(36)35-25-13-11-21-17-28(39-2)31(40-3)32(41-4)30(21)23-12-14-26(27(37)18-24(23)25)33-15-7-5-6-10-29(38)34-19-22-9-8-16-42-22/h8-9,12,14,16-18,25H,5-7,10-11,13,15,19H2,1-4H3,(H,33,37)(H,34,38)(H,35,36)/t25-/m0/s1. The van der Waals surface area contributed by atoms with E-state index in [9.17, 15) is 14.4 Å². The Morgan fingerprint density at radius 3 is 2.50 bits per heavy atom. The summed E-state index contributed by atoms with van der Waals surface area (Å²) in [6.45, 7) is 2.44. The number of unbranched alkanes of at least 4 members (excludes halogenated alkanes) is 2. The highest BCUT2D eigenvalue weighted by Gasteiger charge is 2.29. The summed E-state index contributed by atoms with van der Waals surface area (Å²) >= 11 is 0. The van der Waals surface area contributed by atoms with E-state index in [0.717, 1.165) is 41.7 Å². The van der Waals surface area contributed by atoms with E-state index in [1.54, 1.807) is 45.8 Å². The molecule has 1 heterocycles. The molecule has 1 atom stereocenters. The molecular weight excluding hydrogens is 538 g/mol. The second kappa shape index (κ2) is 14.4. The van der Waals surface area contributed by atoms with E-state index in [4.69, 9.17) is 18.6 Å². The first kappa shape index (κ1) is 30.5. The summed E-state index contributed by atoms with van der Waals surface area (Å²) in [5.74, 6) is 2.05. The van der Waals surface area contributed by atoms with Crippen LogP contribution in [0, 0.1) is 0 Å². The summed E-state index contributed by atoms with van der Waals surface area (Å²) in [5, 5.41) is 9.13. The third kappa shape index (κ3) is 7.23. The Labute approximate surface area is 245 Å². The molecule has 0 unspecified atom stereocenters. The summed E-state index contributed by atoms with van der Waals surface area (Å²) in [4.78, 5) is 37.6. The number of rotatable bonds is 13. The first-order chi connectivity index (χ1) is 20.4. The molecule has 0 spiro atoms. The lowest BCUT2D eigenvalue weighted by Gasteiger charge is -2.19. The molecule has 2 amide bonds. The minimum Gasteiger partial charge on any atom is -0.493 e. The number of hydrogen-bond acceptors (Lipinski definition) is 8. The Kier molecular flexibility index (Phi) is 10.5. The van der Waals surface area contributed by atoms with Crippen molar-refractivity contribution in [1.82, 2.24) is 10.6 Å². The second-order valence-corrected chi connectivity index (χ2v) is 10.2. The van der Waals surface area contributed by atoms with Crippen molar-refractivity contribution in [2.75, 3.05) is 33.2 Å². The van der Waals surface area contributed by atoms with Crippen molar-refractivity contribution < 1.29 is 28.2 Å². The number of benzene rings is 1. The fraction of sp³-hybridized carbons (Fsp3) is 0.406. The molecule has 0 aliphatic heterocycles. The molecule has 10 nitrogen and oxygen atoms in total. The van der Waals surface area contributed by atoms with Crippen molar-refractivity contribution in [1.29, 1.82) is 0 Å². The fourth-order valence-corrected chi connectivity index (χ4v) is 5.35. The summed E-state index contributed by atoms with van der Waals surface area (Å²) < 4.78 is 22.3. The van der Waals surface area contributed by atoms with Crippen LogP contribution in [0.5, 0.6) is 17.2 Å². The van der Waals surface area contributed by atoms with Crippen LogP contribution in [0.25, 0.3) is 11.1 Å². The van der Waals surface area contributed by atoms with Crippen LogP contribution < -0.4 is 35.6 Å². The predicted octanol–water partition coefficient (Wildman–Crippen LogP) is 4.74. The zero-order valence-corrected chi connectivity index (χ0v) is 24.6. The predicted molar refractivity (Wildman–Crippen MR) is 160 cm³/mol. The van der Waals surface area contributed by atoms with E-state index in [1.807, 2.05) is 18.2 Å². The molecule has 3 N–H and O–H groups in total. The topological polar surface area (TPSA) is 128 Å². The lowest BCUT2D eigenvalue weighted by molar-refractivity contribution is -0.121. The molecular formula is C32H39N3O7. The van der Waals surface area contributed by atoms with Crippen LogP contribution in [0.15, 0.2) is 51.9 Å². The van der Waals surface area contributed by atoms with Crippen LogP contribution in [0.3, 0.4) is 0 Å². The third-order valence-corrected chi connectivity index (χ3v) is 7.35. The van der Waals surface area contributed by atoms with Gasteiger partial charge in [-0.15, -0.1) is 0 Å². The van der Waals surface area contributed by atoms with Crippen LogP contribution >= 0.6 is 0 Å². The number of amides is 2. The summed E-state index contributed by atoms with van der Waals surface area (Å²) in [6, 6.07) is 10.5. The number of furan rings is 1. The van der Waals surface area contributed by atoms with Crippen LogP contribution in [0.4, 0.5) is 5.69 Å². The number of ether oxygens (including phenoxy) is 3.